The molecule has 64 heavy (non-hydrogen) atoms. The summed E-state index contributed by atoms with van der Waals surface area (Å²) in [5, 5.41) is 3.97. The van der Waals surface area contributed by atoms with Crippen LogP contribution in [0.15, 0.2) is 298 Å². The Balaban J connectivity index is 1.17. The third-order valence-corrected chi connectivity index (χ3v) is 20.4. The first kappa shape index (κ1) is 41.2. The highest BCUT2D eigenvalue weighted by Gasteiger charge is 2.37. The monoisotopic (exact) mass is 864 g/mol. The molecule has 8 aromatic rings. The van der Waals surface area contributed by atoms with Crippen LogP contribution in [0.1, 0.15) is 36.2 Å². The van der Waals surface area contributed by atoms with E-state index in [9.17, 15) is 0 Å². The minimum atomic E-state index is -1.89. The van der Waals surface area contributed by atoms with Crippen molar-refractivity contribution in [3.63, 3.8) is 0 Å². The summed E-state index contributed by atoms with van der Waals surface area (Å²) in [5.41, 5.74) is 6.90. The Hall–Kier alpha value is -6.85. The van der Waals surface area contributed by atoms with E-state index in [0.717, 1.165) is 23.4 Å². The van der Waals surface area contributed by atoms with Gasteiger partial charge in [0.25, 0.3) is 0 Å². The summed E-state index contributed by atoms with van der Waals surface area (Å²) >= 11 is 0. The summed E-state index contributed by atoms with van der Waals surface area (Å²) in [7, 11) is -3.76. The van der Waals surface area contributed by atoms with Crippen molar-refractivity contribution in [3.8, 4) is 0 Å². The highest BCUT2D eigenvalue weighted by atomic mass is 32.3. The van der Waals surface area contributed by atoms with Crippen LogP contribution in [0, 0.1) is 12.8 Å². The molecule has 8 aromatic carbocycles. The second-order valence-corrected chi connectivity index (χ2v) is 22.7. The lowest BCUT2D eigenvalue weighted by molar-refractivity contribution is 0.651. The van der Waals surface area contributed by atoms with Gasteiger partial charge in [0.15, 0.2) is 0 Å². The molecule has 1 aliphatic heterocycles. The maximum Gasteiger partial charge on any atom is 0.145 e. The van der Waals surface area contributed by atoms with E-state index in [1.807, 2.05) is 0 Å². The van der Waals surface area contributed by atoms with E-state index in [0.29, 0.717) is 0 Å². The minimum Gasteiger partial charge on any atom is -0.360 e. The number of nitrogens with zero attached hydrogens (tertiary/aromatic N) is 1. The molecule has 1 N–H and O–H groups in total. The summed E-state index contributed by atoms with van der Waals surface area (Å²) in [5.74, 6) is 0.257. The van der Waals surface area contributed by atoms with Crippen molar-refractivity contribution in [2.45, 2.75) is 60.7 Å². The van der Waals surface area contributed by atoms with Crippen molar-refractivity contribution in [3.05, 3.63) is 276 Å². The van der Waals surface area contributed by atoms with Crippen LogP contribution >= 0.6 is 20.1 Å². The predicted octanol–water partition coefficient (Wildman–Crippen LogP) is 16.3. The first-order chi connectivity index (χ1) is 31.6. The second-order valence-electron chi connectivity index (χ2n) is 16.4. The fraction of sp³-hybridized carbons (Fsp3) is 0.0833. The standard InChI is InChI=1S/C60H52N2S2/c1-45-24-21-22-39-56(45)60-61-58(47-25-23-38-54(42-47)63(48-26-9-3-10-27-48,49-28-11-4-12-29-49)50-30-13-5-14-31-50)44-59(62-60)57-43-55(41-40-46(57)2)64(51-32-15-6-16-33-51,52-34-17-7-18-35-52)53-36-19-8-20-37-53/h3-39,41-44,46,60-61H,40H2,1-2H3. The highest BCUT2D eigenvalue weighted by molar-refractivity contribution is 8.37. The molecule has 2 unspecified atom stereocenters. The van der Waals surface area contributed by atoms with Gasteiger partial charge in [-0.25, -0.2) is 0 Å². The molecule has 10 rings (SSSR count). The largest absolute Gasteiger partial charge is 0.360 e. The molecular formula is C60H52N2S2. The maximum absolute atomic E-state index is 5.66. The number of nitrogens with one attached hydrogen (secondary N) is 1. The highest BCUT2D eigenvalue weighted by Crippen LogP contribution is 2.75. The number of aliphatic imine (C=N–C) groups is 1. The van der Waals surface area contributed by atoms with E-state index < -0.39 is 20.1 Å². The van der Waals surface area contributed by atoms with Gasteiger partial charge < -0.3 is 5.32 Å². The zero-order valence-corrected chi connectivity index (χ0v) is 37.9. The quantitative estimate of drug-likeness (QED) is 0.138. The summed E-state index contributed by atoms with van der Waals surface area (Å²) in [4.78, 5) is 16.2. The van der Waals surface area contributed by atoms with Gasteiger partial charge in [-0.1, -0.05) is 159 Å². The van der Waals surface area contributed by atoms with E-state index in [4.69, 9.17) is 4.99 Å². The number of rotatable bonds is 11. The van der Waals surface area contributed by atoms with E-state index in [1.54, 1.807) is 0 Å². The Morgan fingerprint density at radius 2 is 0.875 bits per heavy atom. The topological polar surface area (TPSA) is 24.4 Å². The average Bonchev–Trinajstić information content (AvgIpc) is 3.37. The summed E-state index contributed by atoms with van der Waals surface area (Å²) in [6, 6.07) is 84.7. The molecular weight excluding hydrogens is 813 g/mol. The van der Waals surface area contributed by atoms with E-state index >= 15 is 0 Å². The van der Waals surface area contributed by atoms with Gasteiger partial charge in [-0.2, -0.15) is 0 Å². The normalized spacial score (nSPS) is 16.9. The third kappa shape index (κ3) is 7.47. The molecule has 0 saturated carbocycles. The van der Waals surface area contributed by atoms with Crippen molar-refractivity contribution in [2.75, 3.05) is 0 Å². The zero-order valence-electron chi connectivity index (χ0n) is 36.3. The van der Waals surface area contributed by atoms with E-state index in [-0.39, 0.29) is 12.1 Å². The average molecular weight is 865 g/mol. The molecule has 314 valence electrons. The molecule has 1 heterocycles. The van der Waals surface area contributed by atoms with Crippen LogP contribution in [0.3, 0.4) is 0 Å². The van der Waals surface area contributed by atoms with Gasteiger partial charge in [0.1, 0.15) is 6.17 Å². The Kier molecular flexibility index (Phi) is 11.6. The number of benzene rings is 8. The van der Waals surface area contributed by atoms with Gasteiger partial charge in [-0.15, -0.1) is 20.1 Å². The SMILES string of the molecule is Cc1ccccc1C1N=C(C2=CC(S(c3ccccc3)(c3ccccc3)c3ccccc3)=CCC2C)C=C(c2cccc(S(c3ccccc3)(c3ccccc3)c3ccccc3)c2)N1. The van der Waals surface area contributed by atoms with Crippen molar-refractivity contribution < 1.29 is 0 Å². The number of hydrogen-bond donors (Lipinski definition) is 1. The van der Waals surface area contributed by atoms with Crippen LogP contribution in [0.4, 0.5) is 0 Å². The lowest BCUT2D eigenvalue weighted by atomic mass is 9.88. The molecule has 0 bridgehead atoms. The second kappa shape index (κ2) is 18.1. The molecule has 2 nitrogen and oxygen atoms in total. The van der Waals surface area contributed by atoms with Crippen LogP contribution in [0.5, 0.6) is 0 Å². The molecule has 0 saturated heterocycles. The van der Waals surface area contributed by atoms with Crippen molar-refractivity contribution >= 4 is 31.5 Å². The number of aryl methyl sites for hydroxylation is 1. The molecule has 4 heteroatoms. The van der Waals surface area contributed by atoms with Crippen LogP contribution in [-0.2, 0) is 0 Å². The lowest BCUT2D eigenvalue weighted by Crippen LogP contribution is -2.27. The minimum absolute atomic E-state index is 0.257. The number of allylic oxidation sites excluding steroid dienone is 4. The van der Waals surface area contributed by atoms with Gasteiger partial charge in [0, 0.05) is 40.0 Å². The summed E-state index contributed by atoms with van der Waals surface area (Å²) in [6.45, 7) is 4.56. The van der Waals surface area contributed by atoms with Gasteiger partial charge in [-0.05, 0) is 144 Å². The van der Waals surface area contributed by atoms with Crippen LogP contribution < -0.4 is 5.32 Å². The van der Waals surface area contributed by atoms with Crippen molar-refractivity contribution in [1.29, 1.82) is 0 Å². The molecule has 0 amide bonds. The molecule has 1 aliphatic carbocycles. The molecule has 2 aliphatic rings. The molecule has 0 aromatic heterocycles. The fourth-order valence-electron chi connectivity index (χ4n) is 9.45. The smallest absolute Gasteiger partial charge is 0.145 e. The Labute approximate surface area is 382 Å². The van der Waals surface area contributed by atoms with Crippen molar-refractivity contribution in [1.82, 2.24) is 5.32 Å². The third-order valence-electron chi connectivity index (χ3n) is 12.6. The summed E-state index contributed by atoms with van der Waals surface area (Å²) < 4.78 is 0. The van der Waals surface area contributed by atoms with Crippen LogP contribution in [0.25, 0.3) is 5.70 Å². The first-order valence-electron chi connectivity index (χ1n) is 22.2. The van der Waals surface area contributed by atoms with E-state index in [1.165, 1.54) is 55.9 Å². The maximum atomic E-state index is 5.66. The Morgan fingerprint density at radius 3 is 1.34 bits per heavy atom. The Morgan fingerprint density at radius 1 is 0.453 bits per heavy atom. The predicted molar refractivity (Wildman–Crippen MR) is 271 cm³/mol. The lowest BCUT2D eigenvalue weighted by Gasteiger charge is -2.44. The first-order valence-corrected chi connectivity index (χ1v) is 25.4. The molecule has 0 fully saturated rings. The molecule has 0 radical (unpaired) electrons. The van der Waals surface area contributed by atoms with Gasteiger partial charge in [-0.3, -0.25) is 4.99 Å². The number of hydrogen-bond acceptors (Lipinski definition) is 2. The van der Waals surface area contributed by atoms with Crippen LogP contribution in [-0.4, -0.2) is 5.71 Å². The fourth-order valence-corrected chi connectivity index (χ4v) is 17.3. The Bertz CT molecular complexity index is 2800. The van der Waals surface area contributed by atoms with Crippen LogP contribution in [0.2, 0.25) is 0 Å². The van der Waals surface area contributed by atoms with Gasteiger partial charge in [0.05, 0.1) is 5.71 Å². The van der Waals surface area contributed by atoms with Gasteiger partial charge >= 0.3 is 0 Å². The molecule has 0 spiro atoms. The zero-order chi connectivity index (χ0) is 43.4. The molecule has 2 atom stereocenters. The van der Waals surface area contributed by atoms with E-state index in [2.05, 4.69) is 268 Å². The summed E-state index contributed by atoms with van der Waals surface area (Å²) in [6.07, 6.45) is 8.00. The van der Waals surface area contributed by atoms with Crippen molar-refractivity contribution in [2.24, 2.45) is 10.9 Å². The van der Waals surface area contributed by atoms with Gasteiger partial charge in [0.2, 0.25) is 0 Å².